The van der Waals surface area contributed by atoms with Crippen molar-refractivity contribution in [1.82, 2.24) is 4.98 Å². The Morgan fingerprint density at radius 1 is 1.65 bits per heavy atom. The molecule has 1 N–H and O–H groups in total. The van der Waals surface area contributed by atoms with Crippen molar-refractivity contribution in [2.45, 2.75) is 13.3 Å². The Hall–Kier alpha value is -1.43. The summed E-state index contributed by atoms with van der Waals surface area (Å²) in [5.74, 6) is -1.71. The first-order chi connectivity index (χ1) is 7.99. The van der Waals surface area contributed by atoms with E-state index < -0.39 is 11.9 Å². The van der Waals surface area contributed by atoms with Gasteiger partial charge in [0.15, 0.2) is 0 Å². The highest BCUT2D eigenvalue weighted by Gasteiger charge is 2.35. The predicted octanol–water partition coefficient (Wildman–Crippen LogP) is 1.59. The van der Waals surface area contributed by atoms with E-state index in [9.17, 15) is 9.59 Å². The Morgan fingerprint density at radius 2 is 2.35 bits per heavy atom. The molecule has 1 aliphatic rings. The van der Waals surface area contributed by atoms with Gasteiger partial charge in [-0.2, -0.15) is 0 Å². The van der Waals surface area contributed by atoms with E-state index in [1.165, 1.54) is 4.90 Å². The van der Waals surface area contributed by atoms with Crippen LogP contribution in [0.15, 0.2) is 16.9 Å². The number of amides is 1. The Balaban J connectivity index is 2.26. The van der Waals surface area contributed by atoms with Gasteiger partial charge in [0.25, 0.3) is 0 Å². The molecule has 5 nitrogen and oxygen atoms in total. The lowest BCUT2D eigenvalue weighted by Gasteiger charge is -2.16. The van der Waals surface area contributed by atoms with Crippen molar-refractivity contribution in [2.24, 2.45) is 5.92 Å². The lowest BCUT2D eigenvalue weighted by molar-refractivity contribution is -0.141. The van der Waals surface area contributed by atoms with E-state index in [1.54, 1.807) is 6.20 Å². The minimum atomic E-state index is -0.928. The first kappa shape index (κ1) is 12.0. The highest BCUT2D eigenvalue weighted by atomic mass is 79.9. The van der Waals surface area contributed by atoms with Crippen molar-refractivity contribution in [3.8, 4) is 0 Å². The second-order valence-electron chi connectivity index (χ2n) is 4.04. The molecule has 1 aromatic rings. The third kappa shape index (κ3) is 2.31. The van der Waals surface area contributed by atoms with Crippen LogP contribution in [0.5, 0.6) is 0 Å². The SMILES string of the molecule is Cc1cc(N2CC(C(=O)O)CC2=O)cnc1Br. The van der Waals surface area contributed by atoms with Gasteiger partial charge in [-0.05, 0) is 34.5 Å². The maximum Gasteiger partial charge on any atom is 0.308 e. The number of carbonyl (C=O) groups is 2. The lowest BCUT2D eigenvalue weighted by Crippen LogP contribution is -2.26. The average Bonchev–Trinajstić information content (AvgIpc) is 2.65. The molecular weight excluding hydrogens is 288 g/mol. The number of carboxylic acids is 1. The summed E-state index contributed by atoms with van der Waals surface area (Å²) in [6, 6.07) is 1.82. The molecule has 1 aliphatic heterocycles. The maximum atomic E-state index is 11.7. The fourth-order valence-corrected chi connectivity index (χ4v) is 2.03. The van der Waals surface area contributed by atoms with Crippen LogP contribution in [-0.4, -0.2) is 28.5 Å². The standard InChI is InChI=1S/C11H11BrN2O3/c1-6-2-8(4-13-10(6)12)14-5-7(11(16)17)3-9(14)15/h2,4,7H,3,5H2,1H3,(H,16,17). The number of aliphatic carboxylic acids is 1. The second-order valence-corrected chi connectivity index (χ2v) is 4.80. The monoisotopic (exact) mass is 298 g/mol. The third-order valence-corrected chi connectivity index (χ3v) is 3.62. The zero-order chi connectivity index (χ0) is 12.6. The normalized spacial score (nSPS) is 19.8. The Bertz CT molecular complexity index is 490. The molecule has 0 spiro atoms. The van der Waals surface area contributed by atoms with Gasteiger partial charge in [0.05, 0.1) is 17.8 Å². The molecule has 1 amide bonds. The zero-order valence-corrected chi connectivity index (χ0v) is 10.8. The predicted molar refractivity (Wildman–Crippen MR) is 64.8 cm³/mol. The lowest BCUT2D eigenvalue weighted by atomic mass is 10.1. The van der Waals surface area contributed by atoms with Crippen molar-refractivity contribution in [1.29, 1.82) is 0 Å². The van der Waals surface area contributed by atoms with Gasteiger partial charge in [-0.1, -0.05) is 0 Å². The van der Waals surface area contributed by atoms with Gasteiger partial charge < -0.3 is 10.0 Å². The van der Waals surface area contributed by atoms with Crippen LogP contribution < -0.4 is 4.90 Å². The van der Waals surface area contributed by atoms with Gasteiger partial charge >= 0.3 is 5.97 Å². The van der Waals surface area contributed by atoms with E-state index in [-0.39, 0.29) is 18.9 Å². The minimum Gasteiger partial charge on any atom is -0.481 e. The van der Waals surface area contributed by atoms with E-state index >= 15 is 0 Å². The number of carbonyl (C=O) groups excluding carboxylic acids is 1. The molecule has 0 aliphatic carbocycles. The summed E-state index contributed by atoms with van der Waals surface area (Å²) in [5.41, 5.74) is 1.56. The molecule has 90 valence electrons. The second kappa shape index (κ2) is 4.44. The summed E-state index contributed by atoms with van der Waals surface area (Å²) in [4.78, 5) is 28.1. The molecule has 6 heteroatoms. The topological polar surface area (TPSA) is 70.5 Å². The summed E-state index contributed by atoms with van der Waals surface area (Å²) in [5, 5.41) is 8.89. The molecule has 17 heavy (non-hydrogen) atoms. The molecule has 1 saturated heterocycles. The molecular formula is C11H11BrN2O3. The molecule has 1 aromatic heterocycles. The number of halogens is 1. The first-order valence-electron chi connectivity index (χ1n) is 5.14. The number of aromatic nitrogens is 1. The van der Waals surface area contributed by atoms with Crippen LogP contribution >= 0.6 is 15.9 Å². The largest absolute Gasteiger partial charge is 0.481 e. The van der Waals surface area contributed by atoms with Crippen LogP contribution in [0.4, 0.5) is 5.69 Å². The summed E-state index contributed by atoms with van der Waals surface area (Å²) >= 11 is 3.28. The van der Waals surface area contributed by atoms with Gasteiger partial charge in [0.1, 0.15) is 4.60 Å². The molecule has 1 fully saturated rings. The highest BCUT2D eigenvalue weighted by Crippen LogP contribution is 2.27. The first-order valence-corrected chi connectivity index (χ1v) is 5.93. The van der Waals surface area contributed by atoms with Crippen molar-refractivity contribution >= 4 is 33.5 Å². The van der Waals surface area contributed by atoms with Crippen molar-refractivity contribution in [2.75, 3.05) is 11.4 Å². The van der Waals surface area contributed by atoms with E-state index in [4.69, 9.17) is 5.11 Å². The smallest absolute Gasteiger partial charge is 0.308 e. The quantitative estimate of drug-likeness (QED) is 0.842. The number of nitrogens with zero attached hydrogens (tertiary/aromatic N) is 2. The van der Waals surface area contributed by atoms with Crippen LogP contribution in [-0.2, 0) is 9.59 Å². The maximum absolute atomic E-state index is 11.7. The van der Waals surface area contributed by atoms with Crippen LogP contribution in [0.25, 0.3) is 0 Å². The number of rotatable bonds is 2. The Morgan fingerprint density at radius 3 is 2.88 bits per heavy atom. The number of anilines is 1. The van der Waals surface area contributed by atoms with Crippen LogP contribution in [0.3, 0.4) is 0 Å². The number of hydrogen-bond acceptors (Lipinski definition) is 3. The molecule has 0 radical (unpaired) electrons. The van der Waals surface area contributed by atoms with Crippen LogP contribution in [0.1, 0.15) is 12.0 Å². The summed E-state index contributed by atoms with van der Waals surface area (Å²) in [7, 11) is 0. The van der Waals surface area contributed by atoms with Gasteiger partial charge in [0, 0.05) is 13.0 Å². The fraction of sp³-hybridized carbons (Fsp3) is 0.364. The molecule has 1 atom stereocenters. The molecule has 0 aromatic carbocycles. The number of hydrogen-bond donors (Lipinski definition) is 1. The molecule has 2 rings (SSSR count). The molecule has 2 heterocycles. The van der Waals surface area contributed by atoms with E-state index in [0.717, 1.165) is 10.2 Å². The van der Waals surface area contributed by atoms with E-state index in [1.807, 2.05) is 13.0 Å². The van der Waals surface area contributed by atoms with E-state index in [0.29, 0.717) is 5.69 Å². The minimum absolute atomic E-state index is 0.0600. The highest BCUT2D eigenvalue weighted by molar-refractivity contribution is 9.10. The van der Waals surface area contributed by atoms with Crippen LogP contribution in [0.2, 0.25) is 0 Å². The van der Waals surface area contributed by atoms with Gasteiger partial charge in [-0.15, -0.1) is 0 Å². The number of pyridine rings is 1. The van der Waals surface area contributed by atoms with E-state index in [2.05, 4.69) is 20.9 Å². The van der Waals surface area contributed by atoms with Crippen molar-refractivity contribution < 1.29 is 14.7 Å². The molecule has 1 unspecified atom stereocenters. The summed E-state index contributed by atoms with van der Waals surface area (Å²) < 4.78 is 0.725. The Kier molecular flexibility index (Phi) is 3.15. The van der Waals surface area contributed by atoms with Gasteiger partial charge in [0.2, 0.25) is 5.91 Å². The third-order valence-electron chi connectivity index (χ3n) is 2.79. The van der Waals surface area contributed by atoms with Crippen LogP contribution in [0, 0.1) is 12.8 Å². The van der Waals surface area contributed by atoms with Gasteiger partial charge in [-0.3, -0.25) is 9.59 Å². The number of carboxylic acid groups (broad SMARTS) is 1. The molecule has 0 saturated carbocycles. The van der Waals surface area contributed by atoms with Gasteiger partial charge in [-0.25, -0.2) is 4.98 Å². The number of aryl methyl sites for hydroxylation is 1. The van der Waals surface area contributed by atoms with Crippen molar-refractivity contribution in [3.05, 3.63) is 22.4 Å². The summed E-state index contributed by atoms with van der Waals surface area (Å²) in [6.07, 6.45) is 1.63. The average molecular weight is 299 g/mol. The fourth-order valence-electron chi connectivity index (χ4n) is 1.81. The Labute approximate surface area is 107 Å². The zero-order valence-electron chi connectivity index (χ0n) is 9.18. The summed E-state index contributed by atoms with van der Waals surface area (Å²) in [6.45, 7) is 2.09. The molecule has 0 bridgehead atoms. The van der Waals surface area contributed by atoms with Crippen molar-refractivity contribution in [3.63, 3.8) is 0 Å².